The van der Waals surface area contributed by atoms with E-state index < -0.39 is 5.91 Å². The van der Waals surface area contributed by atoms with Gasteiger partial charge in [0.1, 0.15) is 11.5 Å². The van der Waals surface area contributed by atoms with Gasteiger partial charge in [0.15, 0.2) is 0 Å². The fraction of sp³-hybridized carbons (Fsp3) is 0.154. The van der Waals surface area contributed by atoms with Crippen LogP contribution in [0.3, 0.4) is 0 Å². The average molecular weight is 311 g/mol. The number of benzene rings is 1. The maximum atomic E-state index is 11.1. The Kier molecular flexibility index (Phi) is 4.42. The van der Waals surface area contributed by atoms with Crippen molar-refractivity contribution in [3.63, 3.8) is 0 Å². The molecule has 0 radical (unpaired) electrons. The topological polar surface area (TPSA) is 80.9 Å². The molecule has 1 aromatic heterocycles. The number of nitrogens with two attached hydrogens (primary N) is 1. The van der Waals surface area contributed by atoms with Crippen LogP contribution in [0.5, 0.6) is 0 Å². The Balaban J connectivity index is 2.21. The molecule has 2 rings (SSSR count). The Morgan fingerprint density at radius 1 is 1.35 bits per heavy atom. The predicted octanol–water partition coefficient (Wildman–Crippen LogP) is 3.06. The molecule has 104 valence electrons. The molecule has 1 heterocycles. The maximum Gasteiger partial charge on any atom is 0.268 e. The van der Waals surface area contributed by atoms with Crippen molar-refractivity contribution in [3.05, 3.63) is 51.9 Å². The Bertz CT molecular complexity index is 648. The van der Waals surface area contributed by atoms with Crippen molar-refractivity contribution in [2.45, 2.75) is 13.0 Å². The Morgan fingerprint density at radius 3 is 2.75 bits per heavy atom. The number of carbonyl (C=O) groups excluding carboxylic acids is 1. The second kappa shape index (κ2) is 6.07. The van der Waals surface area contributed by atoms with Crippen LogP contribution < -0.4 is 11.1 Å². The van der Waals surface area contributed by atoms with Crippen LogP contribution in [0, 0.1) is 0 Å². The molecule has 7 heteroatoms. The number of anilines is 1. The summed E-state index contributed by atoms with van der Waals surface area (Å²) in [5.41, 5.74) is 6.12. The van der Waals surface area contributed by atoms with E-state index in [2.05, 4.69) is 15.3 Å². The first kappa shape index (κ1) is 14.6. The van der Waals surface area contributed by atoms with E-state index in [0.29, 0.717) is 15.9 Å². The van der Waals surface area contributed by atoms with Crippen molar-refractivity contribution in [1.29, 1.82) is 0 Å². The van der Waals surface area contributed by atoms with Crippen molar-refractivity contribution in [2.24, 2.45) is 5.73 Å². The minimum Gasteiger partial charge on any atom is -0.364 e. The number of hydrogen-bond acceptors (Lipinski definition) is 4. The van der Waals surface area contributed by atoms with Crippen LogP contribution in [0.15, 0.2) is 30.6 Å². The zero-order chi connectivity index (χ0) is 14.7. The molecule has 0 saturated carbocycles. The number of rotatable bonds is 4. The van der Waals surface area contributed by atoms with Crippen molar-refractivity contribution < 1.29 is 4.79 Å². The summed E-state index contributed by atoms with van der Waals surface area (Å²) in [6.45, 7) is 1.91. The first-order valence-electron chi connectivity index (χ1n) is 5.80. The van der Waals surface area contributed by atoms with Gasteiger partial charge in [0.05, 0.1) is 18.4 Å². The molecule has 0 aliphatic carbocycles. The Labute approximate surface area is 126 Å². The van der Waals surface area contributed by atoms with Crippen LogP contribution >= 0.6 is 23.2 Å². The molecule has 0 aliphatic rings. The van der Waals surface area contributed by atoms with Crippen molar-refractivity contribution >= 4 is 34.9 Å². The minimum absolute atomic E-state index is 0.101. The molecule has 2 aromatic rings. The number of nitrogens with zero attached hydrogens (tertiary/aromatic N) is 2. The molecule has 0 fully saturated rings. The van der Waals surface area contributed by atoms with Crippen LogP contribution in [0.1, 0.15) is 29.0 Å². The highest BCUT2D eigenvalue weighted by Crippen LogP contribution is 2.27. The second-order valence-corrected chi connectivity index (χ2v) is 5.03. The van der Waals surface area contributed by atoms with E-state index in [0.717, 1.165) is 5.56 Å². The Hall–Kier alpha value is -1.85. The summed E-state index contributed by atoms with van der Waals surface area (Å²) in [4.78, 5) is 19.0. The number of primary amides is 1. The summed E-state index contributed by atoms with van der Waals surface area (Å²) in [6.07, 6.45) is 2.82. The highest BCUT2D eigenvalue weighted by Gasteiger charge is 2.12. The predicted molar refractivity (Wildman–Crippen MR) is 79.0 cm³/mol. The molecule has 0 unspecified atom stereocenters. The van der Waals surface area contributed by atoms with Gasteiger partial charge >= 0.3 is 0 Å². The van der Waals surface area contributed by atoms with Gasteiger partial charge in [-0.05, 0) is 24.6 Å². The zero-order valence-corrected chi connectivity index (χ0v) is 12.1. The van der Waals surface area contributed by atoms with E-state index >= 15 is 0 Å². The minimum atomic E-state index is -0.627. The molecule has 1 amide bonds. The van der Waals surface area contributed by atoms with Gasteiger partial charge in [-0.25, -0.2) is 4.98 Å². The van der Waals surface area contributed by atoms with Crippen molar-refractivity contribution in [2.75, 3.05) is 5.32 Å². The van der Waals surface area contributed by atoms with Crippen molar-refractivity contribution in [3.8, 4) is 0 Å². The fourth-order valence-electron chi connectivity index (χ4n) is 1.71. The van der Waals surface area contributed by atoms with Crippen LogP contribution in [0.4, 0.5) is 5.82 Å². The molecule has 5 nitrogen and oxygen atoms in total. The molecule has 3 N–H and O–H groups in total. The lowest BCUT2D eigenvalue weighted by Gasteiger charge is -2.16. The van der Waals surface area contributed by atoms with E-state index in [1.807, 2.05) is 13.0 Å². The molecular weight excluding hydrogens is 299 g/mol. The van der Waals surface area contributed by atoms with E-state index in [-0.39, 0.29) is 11.7 Å². The summed E-state index contributed by atoms with van der Waals surface area (Å²) in [6, 6.07) is 5.12. The maximum absolute atomic E-state index is 11.1. The largest absolute Gasteiger partial charge is 0.364 e. The number of nitrogens with one attached hydrogen (secondary N) is 1. The molecule has 0 saturated heterocycles. The standard InChI is InChI=1S/C13H12Cl2N4O/c1-7(9-3-2-8(14)4-10(9)15)18-12-6-17-5-11(19-12)13(16)20/h2-7H,1H3,(H2,16,20)(H,18,19)/t7-/m0/s1. The number of amides is 1. The first-order valence-corrected chi connectivity index (χ1v) is 6.56. The summed E-state index contributed by atoms with van der Waals surface area (Å²) < 4.78 is 0. The van der Waals surface area contributed by atoms with E-state index in [1.165, 1.54) is 12.4 Å². The van der Waals surface area contributed by atoms with Gasteiger partial charge in [-0.3, -0.25) is 9.78 Å². The molecular formula is C13H12Cl2N4O. The normalized spacial score (nSPS) is 11.9. The number of aromatic nitrogens is 2. The van der Waals surface area contributed by atoms with Gasteiger partial charge in [0.25, 0.3) is 5.91 Å². The Morgan fingerprint density at radius 2 is 2.10 bits per heavy atom. The van der Waals surface area contributed by atoms with Crippen LogP contribution in [0.25, 0.3) is 0 Å². The van der Waals surface area contributed by atoms with Crippen LogP contribution in [-0.2, 0) is 0 Å². The van der Waals surface area contributed by atoms with Crippen molar-refractivity contribution in [1.82, 2.24) is 9.97 Å². The lowest BCUT2D eigenvalue weighted by atomic mass is 10.1. The highest BCUT2D eigenvalue weighted by atomic mass is 35.5. The third-order valence-electron chi connectivity index (χ3n) is 2.68. The monoisotopic (exact) mass is 310 g/mol. The molecule has 1 aromatic carbocycles. The highest BCUT2D eigenvalue weighted by molar-refractivity contribution is 6.35. The molecule has 20 heavy (non-hydrogen) atoms. The van der Waals surface area contributed by atoms with Crippen LogP contribution in [-0.4, -0.2) is 15.9 Å². The van der Waals surface area contributed by atoms with Gasteiger partial charge in [-0.2, -0.15) is 0 Å². The van der Waals surface area contributed by atoms with Gasteiger partial charge in [-0.1, -0.05) is 29.3 Å². The number of hydrogen-bond donors (Lipinski definition) is 2. The summed E-state index contributed by atoms with van der Waals surface area (Å²) in [5, 5.41) is 4.23. The third kappa shape index (κ3) is 3.37. The molecule has 0 aliphatic heterocycles. The van der Waals surface area contributed by atoms with Gasteiger partial charge in [0, 0.05) is 10.0 Å². The quantitative estimate of drug-likeness (QED) is 0.909. The third-order valence-corrected chi connectivity index (χ3v) is 3.24. The van der Waals surface area contributed by atoms with Gasteiger partial charge in [0.2, 0.25) is 0 Å². The second-order valence-electron chi connectivity index (χ2n) is 4.19. The van der Waals surface area contributed by atoms with E-state index in [4.69, 9.17) is 28.9 Å². The number of carbonyl (C=O) groups is 1. The SMILES string of the molecule is C[C@H](Nc1cncc(C(N)=O)n1)c1ccc(Cl)cc1Cl. The van der Waals surface area contributed by atoms with Crippen LogP contribution in [0.2, 0.25) is 10.0 Å². The fourth-order valence-corrected chi connectivity index (χ4v) is 2.28. The lowest BCUT2D eigenvalue weighted by molar-refractivity contribution is 0.0995. The number of halogens is 2. The lowest BCUT2D eigenvalue weighted by Crippen LogP contribution is -2.15. The molecule has 0 bridgehead atoms. The average Bonchev–Trinajstić information content (AvgIpc) is 2.38. The molecule has 0 spiro atoms. The summed E-state index contributed by atoms with van der Waals surface area (Å²) in [5.74, 6) is -0.182. The van der Waals surface area contributed by atoms with E-state index in [9.17, 15) is 4.79 Å². The van der Waals surface area contributed by atoms with E-state index in [1.54, 1.807) is 12.1 Å². The smallest absolute Gasteiger partial charge is 0.268 e. The van der Waals surface area contributed by atoms with Gasteiger partial charge in [-0.15, -0.1) is 0 Å². The first-order chi connectivity index (χ1) is 9.47. The summed E-state index contributed by atoms with van der Waals surface area (Å²) in [7, 11) is 0. The molecule has 1 atom stereocenters. The zero-order valence-electron chi connectivity index (χ0n) is 10.6. The van der Waals surface area contributed by atoms with Gasteiger partial charge < -0.3 is 11.1 Å². The summed E-state index contributed by atoms with van der Waals surface area (Å²) >= 11 is 12.0.